The Hall–Kier alpha value is -3.94. The fourth-order valence-corrected chi connectivity index (χ4v) is 3.71. The lowest BCUT2D eigenvalue weighted by Gasteiger charge is -2.31. The molecular formula is C30H38FN3O4. The Bertz CT molecular complexity index is 1130. The van der Waals surface area contributed by atoms with Crippen LogP contribution in [0, 0.1) is 11.2 Å². The third-order valence-electron chi connectivity index (χ3n) is 5.77. The van der Waals surface area contributed by atoms with E-state index < -0.39 is 24.0 Å². The molecule has 204 valence electrons. The summed E-state index contributed by atoms with van der Waals surface area (Å²) in [7, 11) is 1.59. The first kappa shape index (κ1) is 30.3. The van der Waals surface area contributed by atoms with Crippen LogP contribution in [0.4, 0.5) is 9.18 Å². The van der Waals surface area contributed by atoms with Crippen molar-refractivity contribution in [3.05, 3.63) is 96.5 Å². The van der Waals surface area contributed by atoms with Crippen LogP contribution >= 0.6 is 0 Å². The molecule has 0 unspecified atom stereocenters. The molecule has 3 amide bonds. The number of rotatable bonds is 12. The third kappa shape index (κ3) is 9.84. The van der Waals surface area contributed by atoms with Gasteiger partial charge in [-0.15, -0.1) is 6.58 Å². The fourth-order valence-electron chi connectivity index (χ4n) is 3.71. The normalized spacial score (nSPS) is 12.6. The molecule has 0 bridgehead atoms. The summed E-state index contributed by atoms with van der Waals surface area (Å²) in [5.41, 5.74) is 0.920. The van der Waals surface area contributed by atoms with Crippen LogP contribution in [0.25, 0.3) is 0 Å². The highest BCUT2D eigenvalue weighted by atomic mass is 19.1. The lowest BCUT2D eigenvalue weighted by atomic mass is 9.99. The number of amides is 3. The number of halogens is 1. The van der Waals surface area contributed by atoms with Crippen molar-refractivity contribution in [1.29, 1.82) is 0 Å². The van der Waals surface area contributed by atoms with Gasteiger partial charge in [-0.1, -0.05) is 69.8 Å². The highest BCUT2D eigenvalue weighted by Gasteiger charge is 2.27. The van der Waals surface area contributed by atoms with E-state index in [4.69, 9.17) is 4.74 Å². The molecule has 38 heavy (non-hydrogen) atoms. The molecule has 0 saturated heterocycles. The van der Waals surface area contributed by atoms with Crippen LogP contribution in [-0.2, 0) is 16.0 Å². The number of alkyl carbamates (subject to hydrolysis) is 1. The van der Waals surface area contributed by atoms with Crippen molar-refractivity contribution in [2.75, 3.05) is 13.7 Å². The van der Waals surface area contributed by atoms with Gasteiger partial charge in [0.25, 0.3) is 5.91 Å². The molecule has 0 aliphatic rings. The van der Waals surface area contributed by atoms with Crippen molar-refractivity contribution < 1.29 is 23.5 Å². The summed E-state index contributed by atoms with van der Waals surface area (Å²) in [6, 6.07) is 13.6. The van der Waals surface area contributed by atoms with Crippen LogP contribution in [0.5, 0.6) is 0 Å². The van der Waals surface area contributed by atoms with E-state index in [0.29, 0.717) is 23.2 Å². The Labute approximate surface area is 224 Å². The molecule has 8 heteroatoms. The maximum atomic E-state index is 14.4. The van der Waals surface area contributed by atoms with E-state index in [1.165, 1.54) is 11.0 Å². The van der Waals surface area contributed by atoms with Crippen LogP contribution in [-0.4, -0.2) is 48.5 Å². The number of nitrogens with one attached hydrogen (secondary N) is 2. The molecule has 2 atom stereocenters. The topological polar surface area (TPSA) is 87.7 Å². The summed E-state index contributed by atoms with van der Waals surface area (Å²) in [5, 5.41) is 5.48. The highest BCUT2D eigenvalue weighted by molar-refractivity contribution is 5.95. The first-order valence-electron chi connectivity index (χ1n) is 12.5. The van der Waals surface area contributed by atoms with Crippen LogP contribution in [0.1, 0.15) is 49.5 Å². The minimum Gasteiger partial charge on any atom is -0.449 e. The van der Waals surface area contributed by atoms with E-state index >= 15 is 0 Å². The lowest BCUT2D eigenvalue weighted by Crippen LogP contribution is -2.46. The van der Waals surface area contributed by atoms with Gasteiger partial charge in [0.1, 0.15) is 5.82 Å². The molecule has 0 fully saturated rings. The molecule has 2 N–H and O–H groups in total. The number of nitrogens with zero attached hydrogens (tertiary/aromatic N) is 1. The van der Waals surface area contributed by atoms with Crippen LogP contribution in [0.3, 0.4) is 0 Å². The number of benzene rings is 2. The summed E-state index contributed by atoms with van der Waals surface area (Å²) in [6.45, 7) is 13.7. The van der Waals surface area contributed by atoms with Gasteiger partial charge in [-0.05, 0) is 42.0 Å². The molecule has 2 rings (SSSR count). The van der Waals surface area contributed by atoms with Crippen molar-refractivity contribution in [1.82, 2.24) is 15.5 Å². The molecule has 0 spiro atoms. The Balaban J connectivity index is 2.15. The predicted octanol–water partition coefficient (Wildman–Crippen LogP) is 5.25. The van der Waals surface area contributed by atoms with E-state index in [0.717, 1.165) is 0 Å². The van der Waals surface area contributed by atoms with E-state index in [2.05, 4.69) is 23.8 Å². The zero-order valence-corrected chi connectivity index (χ0v) is 22.6. The average Bonchev–Trinajstić information content (AvgIpc) is 2.87. The zero-order valence-electron chi connectivity index (χ0n) is 22.6. The second-order valence-corrected chi connectivity index (χ2v) is 10.4. The molecule has 2 aromatic rings. The number of hydrogen-bond acceptors (Lipinski definition) is 4. The summed E-state index contributed by atoms with van der Waals surface area (Å²) in [5.74, 6) is -1.10. The summed E-state index contributed by atoms with van der Waals surface area (Å²) in [6.07, 6.45) is 1.26. The second kappa shape index (κ2) is 14.1. The van der Waals surface area contributed by atoms with Gasteiger partial charge in [-0.25, -0.2) is 9.18 Å². The van der Waals surface area contributed by atoms with Gasteiger partial charge in [0.05, 0.1) is 12.6 Å². The summed E-state index contributed by atoms with van der Waals surface area (Å²) < 4.78 is 19.7. The molecule has 7 nitrogen and oxygen atoms in total. The van der Waals surface area contributed by atoms with Gasteiger partial charge >= 0.3 is 6.09 Å². The number of hydrogen-bond donors (Lipinski definition) is 2. The molecule has 2 aromatic carbocycles. The van der Waals surface area contributed by atoms with Crippen LogP contribution < -0.4 is 10.6 Å². The lowest BCUT2D eigenvalue weighted by molar-refractivity contribution is -0.131. The summed E-state index contributed by atoms with van der Waals surface area (Å²) in [4.78, 5) is 39.9. The van der Waals surface area contributed by atoms with Gasteiger partial charge in [0.15, 0.2) is 0 Å². The van der Waals surface area contributed by atoms with Crippen molar-refractivity contribution in [3.63, 3.8) is 0 Å². The molecule has 0 saturated carbocycles. The van der Waals surface area contributed by atoms with Gasteiger partial charge in [-0.3, -0.25) is 9.59 Å². The number of carbonyl (C=O) groups excluding carboxylic acids is 3. The fraction of sp³-hybridized carbons (Fsp3) is 0.367. The molecule has 0 aliphatic heterocycles. The van der Waals surface area contributed by atoms with E-state index in [9.17, 15) is 18.8 Å². The smallest absolute Gasteiger partial charge is 0.407 e. The highest BCUT2D eigenvalue weighted by Crippen LogP contribution is 2.17. The minimum absolute atomic E-state index is 0.0920. The maximum absolute atomic E-state index is 14.4. The van der Waals surface area contributed by atoms with Crippen LogP contribution in [0.15, 0.2) is 79.5 Å². The Morgan fingerprint density at radius 2 is 1.71 bits per heavy atom. The first-order valence-corrected chi connectivity index (χ1v) is 12.5. The Morgan fingerprint density at radius 1 is 1.08 bits per heavy atom. The van der Waals surface area contributed by atoms with Crippen LogP contribution in [0.2, 0.25) is 0 Å². The van der Waals surface area contributed by atoms with Gasteiger partial charge in [-0.2, -0.15) is 0 Å². The van der Waals surface area contributed by atoms with Crippen molar-refractivity contribution in [2.24, 2.45) is 5.41 Å². The van der Waals surface area contributed by atoms with E-state index in [-0.39, 0.29) is 36.7 Å². The molecular weight excluding hydrogens is 485 g/mol. The average molecular weight is 524 g/mol. The van der Waals surface area contributed by atoms with Gasteiger partial charge in [0.2, 0.25) is 5.91 Å². The molecule has 0 radical (unpaired) electrons. The standard InChI is InChI=1S/C30H38FN3O4/c1-7-13-26(21(2)32-28(36)22-14-9-8-10-15-22)34(6)27(35)19-24(18-23-16-11-12-17-25(23)31)33-29(37)38-20-30(3,4)5/h7-12,14-17,24,26H,1-2,13,18-20H2,3-6H3,(H,32,36)(H,33,37)/t24-,26+/m1/s1. The first-order chi connectivity index (χ1) is 17.9. The van der Waals surface area contributed by atoms with Gasteiger partial charge < -0.3 is 20.3 Å². The largest absolute Gasteiger partial charge is 0.449 e. The number of ether oxygens (including phenoxy) is 1. The van der Waals surface area contributed by atoms with E-state index in [1.807, 2.05) is 26.8 Å². The third-order valence-corrected chi connectivity index (χ3v) is 5.77. The molecule has 0 heterocycles. The van der Waals surface area contributed by atoms with E-state index in [1.54, 1.807) is 55.6 Å². The van der Waals surface area contributed by atoms with Crippen molar-refractivity contribution in [3.8, 4) is 0 Å². The predicted molar refractivity (Wildman–Crippen MR) is 147 cm³/mol. The Morgan fingerprint density at radius 3 is 2.32 bits per heavy atom. The zero-order chi connectivity index (χ0) is 28.3. The van der Waals surface area contributed by atoms with Crippen molar-refractivity contribution in [2.45, 2.75) is 52.1 Å². The molecule has 0 aliphatic carbocycles. The summed E-state index contributed by atoms with van der Waals surface area (Å²) >= 11 is 0. The Kier molecular flexibility index (Phi) is 11.3. The molecule has 0 aromatic heterocycles. The monoisotopic (exact) mass is 523 g/mol. The SMILES string of the molecule is C=CC[C@@H](C(=C)NC(=O)c1ccccc1)N(C)C(=O)C[C@@H](Cc1ccccc1F)NC(=O)OCC(C)(C)C. The minimum atomic E-state index is -0.731. The quantitative estimate of drug-likeness (QED) is 0.372. The van der Waals surface area contributed by atoms with Gasteiger partial charge in [0, 0.05) is 30.8 Å². The maximum Gasteiger partial charge on any atom is 0.407 e. The number of likely N-dealkylation sites (N-methyl/N-ethyl adjacent to an activating group) is 1. The second-order valence-electron chi connectivity index (χ2n) is 10.4. The number of carbonyl (C=O) groups is 3. The van der Waals surface area contributed by atoms with Crippen molar-refractivity contribution >= 4 is 17.9 Å².